The first-order valence-corrected chi connectivity index (χ1v) is 7.95. The molecule has 0 amide bonds. The van der Waals surface area contributed by atoms with Crippen molar-refractivity contribution in [2.45, 2.75) is 38.1 Å². The van der Waals surface area contributed by atoms with Gasteiger partial charge in [-0.05, 0) is 32.1 Å². The third-order valence-corrected chi connectivity index (χ3v) is 4.89. The molecule has 1 aliphatic carbocycles. The molecule has 2 aromatic rings. The summed E-state index contributed by atoms with van der Waals surface area (Å²) >= 11 is 0. The number of aryl methyl sites for hydroxylation is 1. The van der Waals surface area contributed by atoms with E-state index in [-0.39, 0.29) is 29.9 Å². The van der Waals surface area contributed by atoms with E-state index in [9.17, 15) is 14.0 Å². The third-order valence-electron chi connectivity index (χ3n) is 4.89. The lowest BCUT2D eigenvalue weighted by Gasteiger charge is -2.23. The molecule has 2 aliphatic rings. The second-order valence-corrected chi connectivity index (χ2v) is 6.61. The van der Waals surface area contributed by atoms with Crippen molar-refractivity contribution in [1.82, 2.24) is 9.38 Å². The molecule has 24 heavy (non-hydrogen) atoms. The van der Waals surface area contributed by atoms with Crippen molar-refractivity contribution in [1.29, 1.82) is 0 Å². The van der Waals surface area contributed by atoms with E-state index < -0.39 is 11.5 Å². The molecule has 0 spiro atoms. The van der Waals surface area contributed by atoms with Gasteiger partial charge in [0.15, 0.2) is 5.82 Å². The van der Waals surface area contributed by atoms with Gasteiger partial charge in [-0.3, -0.25) is 14.2 Å². The van der Waals surface area contributed by atoms with Crippen molar-refractivity contribution in [2.75, 3.05) is 18.0 Å². The van der Waals surface area contributed by atoms with Gasteiger partial charge in [0.2, 0.25) is 0 Å². The predicted octanol–water partition coefficient (Wildman–Crippen LogP) is 1.27. The predicted molar refractivity (Wildman–Crippen MR) is 93.0 cm³/mol. The number of halogens is 2. The molecule has 3 heterocycles. The minimum atomic E-state index is -0.596. The second-order valence-electron chi connectivity index (χ2n) is 6.61. The summed E-state index contributed by atoms with van der Waals surface area (Å²) in [5.74, 6) is -0.299. The Morgan fingerprint density at radius 2 is 2.00 bits per heavy atom. The van der Waals surface area contributed by atoms with Crippen LogP contribution in [-0.4, -0.2) is 28.5 Å². The first-order chi connectivity index (χ1) is 11.0. The Bertz CT molecular complexity index is 919. The van der Waals surface area contributed by atoms with E-state index in [2.05, 4.69) is 4.98 Å². The lowest BCUT2D eigenvalue weighted by molar-refractivity contribution is 0.609. The third kappa shape index (κ3) is 2.52. The molecular weight excluding hydrogens is 335 g/mol. The molecule has 2 aromatic heterocycles. The monoisotopic (exact) mass is 354 g/mol. The zero-order valence-electron chi connectivity index (χ0n) is 13.3. The molecule has 4 rings (SSSR count). The van der Waals surface area contributed by atoms with E-state index in [1.807, 2.05) is 4.90 Å². The molecule has 0 bridgehead atoms. The molecule has 6 nitrogen and oxygen atoms in total. The summed E-state index contributed by atoms with van der Waals surface area (Å²) in [4.78, 5) is 28.6. The van der Waals surface area contributed by atoms with Crippen molar-refractivity contribution in [3.05, 3.63) is 44.0 Å². The van der Waals surface area contributed by atoms with E-state index >= 15 is 0 Å². The number of pyridine rings is 1. The van der Waals surface area contributed by atoms with E-state index in [0.717, 1.165) is 19.3 Å². The van der Waals surface area contributed by atoms with Crippen molar-refractivity contribution in [3.8, 4) is 0 Å². The molecule has 3 N–H and O–H groups in total. The van der Waals surface area contributed by atoms with E-state index in [4.69, 9.17) is 5.73 Å². The summed E-state index contributed by atoms with van der Waals surface area (Å²) in [5, 5.41) is 0. The number of hydrogen-bond acceptors (Lipinski definition) is 4. The molecule has 1 atom stereocenters. The van der Waals surface area contributed by atoms with Crippen LogP contribution in [0.4, 0.5) is 10.1 Å². The minimum Gasteiger partial charge on any atom is -0.367 e. The van der Waals surface area contributed by atoms with Crippen LogP contribution in [0.1, 0.15) is 36.3 Å². The maximum absolute atomic E-state index is 14.7. The van der Waals surface area contributed by atoms with Gasteiger partial charge in [0, 0.05) is 30.3 Å². The molecule has 2 fully saturated rings. The van der Waals surface area contributed by atoms with E-state index in [0.29, 0.717) is 35.4 Å². The Morgan fingerprint density at radius 3 is 2.58 bits per heavy atom. The summed E-state index contributed by atoms with van der Waals surface area (Å²) in [6, 6.07) is 0.0225. The molecular formula is C16H20ClFN4O2. The van der Waals surface area contributed by atoms with E-state index in [1.165, 1.54) is 10.6 Å². The first kappa shape index (κ1) is 17.0. The normalized spacial score (nSPS) is 20.5. The van der Waals surface area contributed by atoms with Gasteiger partial charge in [0.1, 0.15) is 0 Å². The Morgan fingerprint density at radius 1 is 1.29 bits per heavy atom. The SMILES string of the molecule is Cc1c(N2CCC(N)C2)c(F)cn2c(=O)[nH]c(=O)c(C3CC3)c12.Cl. The summed E-state index contributed by atoms with van der Waals surface area (Å²) in [5.41, 5.74) is 7.25. The lowest BCUT2D eigenvalue weighted by atomic mass is 10.1. The smallest absolute Gasteiger partial charge is 0.333 e. The fourth-order valence-corrected chi connectivity index (χ4v) is 3.66. The van der Waals surface area contributed by atoms with Crippen LogP contribution in [-0.2, 0) is 0 Å². The van der Waals surface area contributed by atoms with Gasteiger partial charge in [-0.2, -0.15) is 0 Å². The topological polar surface area (TPSA) is 83.6 Å². The van der Waals surface area contributed by atoms with Gasteiger partial charge in [0.05, 0.1) is 17.4 Å². The van der Waals surface area contributed by atoms with Crippen LogP contribution in [0, 0.1) is 12.7 Å². The van der Waals surface area contributed by atoms with Crippen LogP contribution in [0.5, 0.6) is 0 Å². The maximum atomic E-state index is 14.7. The molecule has 1 saturated heterocycles. The van der Waals surface area contributed by atoms with Crippen molar-refractivity contribution < 1.29 is 4.39 Å². The fourth-order valence-electron chi connectivity index (χ4n) is 3.66. The zero-order chi connectivity index (χ0) is 16.3. The van der Waals surface area contributed by atoms with Gasteiger partial charge in [-0.1, -0.05) is 0 Å². The van der Waals surface area contributed by atoms with Crippen LogP contribution in [0.15, 0.2) is 15.8 Å². The maximum Gasteiger partial charge on any atom is 0.333 e. The van der Waals surface area contributed by atoms with Crippen LogP contribution >= 0.6 is 12.4 Å². The van der Waals surface area contributed by atoms with Crippen molar-refractivity contribution >= 4 is 23.6 Å². The summed E-state index contributed by atoms with van der Waals surface area (Å²) in [6.45, 7) is 3.05. The number of nitrogens with one attached hydrogen (secondary N) is 1. The average Bonchev–Trinajstić information content (AvgIpc) is 3.23. The second kappa shape index (κ2) is 5.89. The number of nitrogens with zero attached hydrogens (tertiary/aromatic N) is 2. The van der Waals surface area contributed by atoms with Crippen LogP contribution < -0.4 is 21.9 Å². The number of nitrogens with two attached hydrogens (primary N) is 1. The highest BCUT2D eigenvalue weighted by Crippen LogP contribution is 2.41. The Labute approximate surface area is 143 Å². The number of anilines is 1. The molecule has 0 aromatic carbocycles. The van der Waals surface area contributed by atoms with Gasteiger partial charge >= 0.3 is 5.69 Å². The van der Waals surface area contributed by atoms with Gasteiger partial charge in [0.25, 0.3) is 5.56 Å². The van der Waals surface area contributed by atoms with Crippen LogP contribution in [0.25, 0.3) is 5.52 Å². The summed E-state index contributed by atoms with van der Waals surface area (Å²) in [7, 11) is 0. The van der Waals surface area contributed by atoms with Crippen LogP contribution in [0.2, 0.25) is 0 Å². The average molecular weight is 355 g/mol. The quantitative estimate of drug-likeness (QED) is 0.850. The lowest BCUT2D eigenvalue weighted by Crippen LogP contribution is -2.32. The highest BCUT2D eigenvalue weighted by molar-refractivity contribution is 5.85. The van der Waals surface area contributed by atoms with Crippen molar-refractivity contribution in [2.24, 2.45) is 5.73 Å². The fraction of sp³-hybridized carbons (Fsp3) is 0.500. The standard InChI is InChI=1S/C16H19FN4O2.ClH/c1-8-13(20-5-4-10(18)6-20)11(17)7-21-14(8)12(9-2-3-9)15(22)19-16(21)23;/h7,9-10H,2-6,18H2,1H3,(H,19,22,23);1H. The van der Waals surface area contributed by atoms with Crippen LogP contribution in [0.3, 0.4) is 0 Å². The summed E-state index contributed by atoms with van der Waals surface area (Å²) < 4.78 is 15.9. The number of rotatable bonds is 2. The number of H-pyrrole nitrogens is 1. The minimum absolute atomic E-state index is 0. The molecule has 1 unspecified atom stereocenters. The van der Waals surface area contributed by atoms with E-state index in [1.54, 1.807) is 6.92 Å². The largest absolute Gasteiger partial charge is 0.367 e. The summed E-state index contributed by atoms with van der Waals surface area (Å²) in [6.07, 6.45) is 3.85. The Kier molecular flexibility index (Phi) is 4.17. The number of fused-ring (bicyclic) bond motifs is 1. The van der Waals surface area contributed by atoms with Gasteiger partial charge in [-0.15, -0.1) is 12.4 Å². The van der Waals surface area contributed by atoms with Crippen molar-refractivity contribution in [3.63, 3.8) is 0 Å². The molecule has 8 heteroatoms. The Hall–Kier alpha value is -1.86. The molecule has 0 radical (unpaired) electrons. The molecule has 1 saturated carbocycles. The van der Waals surface area contributed by atoms with Gasteiger partial charge < -0.3 is 10.6 Å². The number of aromatic amines is 1. The highest BCUT2D eigenvalue weighted by atomic mass is 35.5. The number of hydrogen-bond donors (Lipinski definition) is 2. The zero-order valence-corrected chi connectivity index (χ0v) is 14.2. The molecule has 130 valence electrons. The Balaban J connectivity index is 0.00000169. The molecule has 1 aliphatic heterocycles. The van der Waals surface area contributed by atoms with Gasteiger partial charge in [-0.25, -0.2) is 9.18 Å². The highest BCUT2D eigenvalue weighted by Gasteiger charge is 2.32. The first-order valence-electron chi connectivity index (χ1n) is 7.95. The number of aromatic nitrogens is 2.